The normalized spacial score (nSPS) is 10.4. The highest BCUT2D eigenvalue weighted by Gasteiger charge is 1.99. The zero-order valence-corrected chi connectivity index (χ0v) is 10.7. The van der Waals surface area contributed by atoms with Gasteiger partial charge in [-0.1, -0.05) is 36.4 Å². The molecule has 0 aliphatic rings. The number of para-hydroxylation sites is 1. The summed E-state index contributed by atoms with van der Waals surface area (Å²) in [4.78, 5) is 11.5. The third-order valence-corrected chi connectivity index (χ3v) is 2.52. The highest BCUT2D eigenvalue weighted by atomic mass is 19.1. The first-order valence-electron chi connectivity index (χ1n) is 6.11. The monoisotopic (exact) mass is 271 g/mol. The fraction of sp³-hybridized carbons (Fsp3) is 0.0667. The molecule has 0 spiro atoms. The number of halogens is 1. The molecular formula is C15H14FN3O. The number of anilines is 1. The molecule has 0 saturated carbocycles. The molecule has 0 radical (unpaired) electrons. The van der Waals surface area contributed by atoms with E-state index in [1.54, 1.807) is 18.2 Å². The lowest BCUT2D eigenvalue weighted by Crippen LogP contribution is -2.25. The van der Waals surface area contributed by atoms with Gasteiger partial charge in [-0.3, -0.25) is 4.79 Å². The van der Waals surface area contributed by atoms with E-state index >= 15 is 0 Å². The molecule has 0 bridgehead atoms. The lowest BCUT2D eigenvalue weighted by atomic mass is 10.2. The van der Waals surface area contributed by atoms with Crippen molar-refractivity contribution in [1.29, 1.82) is 0 Å². The first-order valence-corrected chi connectivity index (χ1v) is 6.11. The fourth-order valence-electron chi connectivity index (χ4n) is 1.53. The third kappa shape index (κ3) is 4.20. The van der Waals surface area contributed by atoms with Gasteiger partial charge in [0, 0.05) is 11.3 Å². The molecule has 0 aliphatic heterocycles. The highest BCUT2D eigenvalue weighted by molar-refractivity contribution is 5.84. The maximum absolute atomic E-state index is 13.3. The SMILES string of the molecule is O=C(CNc1ccccc1)N/N=C/c1ccccc1F. The molecule has 0 fully saturated rings. The van der Waals surface area contributed by atoms with Crippen molar-refractivity contribution >= 4 is 17.8 Å². The Morgan fingerprint density at radius 3 is 2.55 bits per heavy atom. The molecule has 4 nitrogen and oxygen atoms in total. The molecule has 2 rings (SSSR count). The van der Waals surface area contributed by atoms with E-state index in [-0.39, 0.29) is 18.3 Å². The highest BCUT2D eigenvalue weighted by Crippen LogP contribution is 2.04. The van der Waals surface area contributed by atoms with E-state index < -0.39 is 0 Å². The Balaban J connectivity index is 1.79. The molecule has 0 aromatic heterocycles. The van der Waals surface area contributed by atoms with Crippen molar-refractivity contribution in [2.45, 2.75) is 0 Å². The summed E-state index contributed by atoms with van der Waals surface area (Å²) in [5, 5.41) is 6.65. The van der Waals surface area contributed by atoms with Gasteiger partial charge in [-0.15, -0.1) is 0 Å². The van der Waals surface area contributed by atoms with E-state index in [4.69, 9.17) is 0 Å². The summed E-state index contributed by atoms with van der Waals surface area (Å²) in [5.74, 6) is -0.686. The van der Waals surface area contributed by atoms with Gasteiger partial charge in [0.05, 0.1) is 12.8 Å². The summed E-state index contributed by atoms with van der Waals surface area (Å²) in [5.41, 5.74) is 3.50. The lowest BCUT2D eigenvalue weighted by molar-refractivity contribution is -0.119. The van der Waals surface area contributed by atoms with Crippen LogP contribution in [0.15, 0.2) is 59.7 Å². The quantitative estimate of drug-likeness (QED) is 0.648. The van der Waals surface area contributed by atoms with E-state index in [1.807, 2.05) is 30.3 Å². The van der Waals surface area contributed by atoms with Crippen LogP contribution in [0.25, 0.3) is 0 Å². The molecule has 0 aliphatic carbocycles. The van der Waals surface area contributed by atoms with Crippen LogP contribution < -0.4 is 10.7 Å². The van der Waals surface area contributed by atoms with Gasteiger partial charge in [0.2, 0.25) is 0 Å². The Bertz CT molecular complexity index is 599. The van der Waals surface area contributed by atoms with Gasteiger partial charge in [0.15, 0.2) is 0 Å². The minimum atomic E-state index is -0.382. The Kier molecular flexibility index (Phi) is 4.83. The summed E-state index contributed by atoms with van der Waals surface area (Å²) in [6, 6.07) is 15.6. The van der Waals surface area contributed by atoms with E-state index in [0.29, 0.717) is 5.56 Å². The molecule has 2 aromatic carbocycles. The van der Waals surface area contributed by atoms with Crippen molar-refractivity contribution in [2.24, 2.45) is 5.10 Å². The van der Waals surface area contributed by atoms with Crippen LogP contribution >= 0.6 is 0 Å². The van der Waals surface area contributed by atoms with E-state index in [2.05, 4.69) is 15.8 Å². The molecule has 0 saturated heterocycles. The predicted molar refractivity (Wildman–Crippen MR) is 77.1 cm³/mol. The zero-order chi connectivity index (χ0) is 14.2. The number of nitrogens with one attached hydrogen (secondary N) is 2. The molecule has 102 valence electrons. The van der Waals surface area contributed by atoms with Gasteiger partial charge < -0.3 is 5.32 Å². The average molecular weight is 271 g/mol. The Labute approximate surface area is 116 Å². The molecule has 5 heteroatoms. The Morgan fingerprint density at radius 1 is 1.10 bits per heavy atom. The number of hydrogen-bond donors (Lipinski definition) is 2. The van der Waals surface area contributed by atoms with Crippen LogP contribution in [0.5, 0.6) is 0 Å². The predicted octanol–water partition coefficient (Wildman–Crippen LogP) is 2.39. The summed E-state index contributed by atoms with van der Waals surface area (Å²) in [6.45, 7) is 0.0959. The van der Waals surface area contributed by atoms with Gasteiger partial charge in [-0.25, -0.2) is 9.82 Å². The zero-order valence-electron chi connectivity index (χ0n) is 10.7. The van der Waals surface area contributed by atoms with Crippen LogP contribution in [0.1, 0.15) is 5.56 Å². The van der Waals surface area contributed by atoms with E-state index in [1.165, 1.54) is 12.3 Å². The van der Waals surface area contributed by atoms with Crippen molar-refractivity contribution in [1.82, 2.24) is 5.43 Å². The number of amides is 1. The first-order chi connectivity index (χ1) is 9.75. The van der Waals surface area contributed by atoms with Gasteiger partial charge in [0.1, 0.15) is 5.82 Å². The molecule has 2 aromatic rings. The van der Waals surface area contributed by atoms with E-state index in [0.717, 1.165) is 5.69 Å². The van der Waals surface area contributed by atoms with Gasteiger partial charge in [-0.05, 0) is 18.2 Å². The summed E-state index contributed by atoms with van der Waals surface area (Å²) in [7, 11) is 0. The van der Waals surface area contributed by atoms with E-state index in [9.17, 15) is 9.18 Å². The number of carbonyl (C=O) groups excluding carboxylic acids is 1. The molecule has 20 heavy (non-hydrogen) atoms. The van der Waals surface area contributed by atoms with Crippen LogP contribution in [-0.2, 0) is 4.79 Å². The molecule has 0 heterocycles. The second kappa shape index (κ2) is 7.04. The number of benzene rings is 2. The maximum atomic E-state index is 13.3. The Hall–Kier alpha value is -2.69. The van der Waals surface area contributed by atoms with Gasteiger partial charge >= 0.3 is 0 Å². The number of hydrazone groups is 1. The number of carbonyl (C=O) groups is 1. The first kappa shape index (κ1) is 13.7. The molecule has 0 atom stereocenters. The minimum absolute atomic E-state index is 0.0959. The van der Waals surface area contributed by atoms with Crippen LogP contribution in [-0.4, -0.2) is 18.7 Å². The van der Waals surface area contributed by atoms with Crippen molar-refractivity contribution in [3.05, 3.63) is 66.0 Å². The van der Waals surface area contributed by atoms with Crippen LogP contribution in [0.4, 0.5) is 10.1 Å². The van der Waals surface area contributed by atoms with Crippen molar-refractivity contribution in [3.8, 4) is 0 Å². The average Bonchev–Trinajstić information content (AvgIpc) is 2.48. The minimum Gasteiger partial charge on any atom is -0.376 e. The number of rotatable bonds is 5. The number of hydrogen-bond acceptors (Lipinski definition) is 3. The van der Waals surface area contributed by atoms with Crippen molar-refractivity contribution in [3.63, 3.8) is 0 Å². The van der Waals surface area contributed by atoms with Gasteiger partial charge in [0.25, 0.3) is 5.91 Å². The summed E-state index contributed by atoms with van der Waals surface area (Å²) >= 11 is 0. The van der Waals surface area contributed by atoms with Crippen molar-refractivity contribution < 1.29 is 9.18 Å². The fourth-order valence-corrected chi connectivity index (χ4v) is 1.53. The summed E-state index contributed by atoms with van der Waals surface area (Å²) < 4.78 is 13.3. The topological polar surface area (TPSA) is 53.5 Å². The standard InChI is InChI=1S/C15H14FN3O/c16-14-9-5-4-6-12(14)10-18-19-15(20)11-17-13-7-2-1-3-8-13/h1-10,17H,11H2,(H,19,20)/b18-10+. The lowest BCUT2D eigenvalue weighted by Gasteiger charge is -2.04. The number of nitrogens with zero attached hydrogens (tertiary/aromatic N) is 1. The van der Waals surface area contributed by atoms with Crippen LogP contribution in [0.2, 0.25) is 0 Å². The van der Waals surface area contributed by atoms with Crippen LogP contribution in [0.3, 0.4) is 0 Å². The summed E-state index contributed by atoms with van der Waals surface area (Å²) in [6.07, 6.45) is 1.27. The van der Waals surface area contributed by atoms with Gasteiger partial charge in [-0.2, -0.15) is 5.10 Å². The second-order valence-electron chi connectivity index (χ2n) is 4.03. The molecule has 2 N–H and O–H groups in total. The maximum Gasteiger partial charge on any atom is 0.259 e. The van der Waals surface area contributed by atoms with Crippen molar-refractivity contribution in [2.75, 3.05) is 11.9 Å². The molecule has 0 unspecified atom stereocenters. The second-order valence-corrected chi connectivity index (χ2v) is 4.03. The largest absolute Gasteiger partial charge is 0.376 e. The molecular weight excluding hydrogens is 257 g/mol. The third-order valence-electron chi connectivity index (χ3n) is 2.52. The molecule has 1 amide bonds. The van der Waals surface area contributed by atoms with Crippen LogP contribution in [0, 0.1) is 5.82 Å². The Morgan fingerprint density at radius 2 is 1.80 bits per heavy atom. The smallest absolute Gasteiger partial charge is 0.259 e.